The van der Waals surface area contributed by atoms with Crippen molar-refractivity contribution in [3.8, 4) is 0 Å². The molecule has 1 amide bonds. The van der Waals surface area contributed by atoms with E-state index in [4.69, 9.17) is 0 Å². The number of amides is 1. The topological polar surface area (TPSA) is 36.0 Å². The molecule has 11 heteroatoms. The predicted molar refractivity (Wildman–Crippen MR) is 123 cm³/mol. The minimum atomic E-state index is -4.60. The number of nitrogens with zero attached hydrogens (tertiary/aromatic N) is 3. The highest BCUT2D eigenvalue weighted by Gasteiger charge is 2.44. The van der Waals surface area contributed by atoms with Crippen LogP contribution in [0.15, 0.2) is 18.2 Å². The molecule has 0 N–H and O–H groups in total. The summed E-state index contributed by atoms with van der Waals surface area (Å²) in [4.78, 5) is 17.6. The van der Waals surface area contributed by atoms with Crippen molar-refractivity contribution in [1.29, 1.82) is 0 Å². The van der Waals surface area contributed by atoms with Crippen molar-refractivity contribution in [2.24, 2.45) is 5.41 Å². The van der Waals surface area contributed by atoms with Crippen molar-refractivity contribution in [2.45, 2.75) is 70.4 Å². The van der Waals surface area contributed by atoms with Crippen molar-refractivity contribution < 1.29 is 35.9 Å². The minimum absolute atomic E-state index is 0.0935. The fraction of sp³-hybridized carbons (Fsp3) is 0.720. The lowest BCUT2D eigenvalue weighted by molar-refractivity contribution is -0.200. The highest BCUT2D eigenvalue weighted by molar-refractivity contribution is 5.68. The molecule has 3 saturated heterocycles. The highest BCUT2D eigenvalue weighted by Crippen LogP contribution is 2.42. The van der Waals surface area contributed by atoms with E-state index in [0.717, 1.165) is 52.2 Å². The Bertz CT molecular complexity index is 921. The van der Waals surface area contributed by atoms with E-state index < -0.39 is 30.1 Å². The lowest BCUT2D eigenvalue weighted by Crippen LogP contribution is -2.46. The first kappa shape index (κ1) is 26.9. The van der Waals surface area contributed by atoms with Crippen molar-refractivity contribution in [1.82, 2.24) is 9.80 Å². The van der Waals surface area contributed by atoms with Crippen LogP contribution >= 0.6 is 0 Å². The molecule has 1 aromatic rings. The molecule has 0 radical (unpaired) electrons. The summed E-state index contributed by atoms with van der Waals surface area (Å²) in [5, 5.41) is 0. The number of alkyl halides is 6. The first-order valence-corrected chi connectivity index (χ1v) is 12.6. The Morgan fingerprint density at radius 1 is 0.944 bits per heavy atom. The predicted octanol–water partition coefficient (Wildman–Crippen LogP) is 6.07. The Balaban J connectivity index is 1.37. The maximum absolute atomic E-state index is 13.6. The molecule has 1 unspecified atom stereocenters. The van der Waals surface area contributed by atoms with Crippen LogP contribution in [0.3, 0.4) is 0 Å². The maximum atomic E-state index is 13.6. The van der Waals surface area contributed by atoms with E-state index in [9.17, 15) is 31.1 Å². The van der Waals surface area contributed by atoms with Crippen LogP contribution in [0.25, 0.3) is 0 Å². The van der Waals surface area contributed by atoms with E-state index in [1.165, 1.54) is 17.0 Å². The molecular weight excluding hydrogens is 488 g/mol. The molecule has 1 aromatic carbocycles. The van der Waals surface area contributed by atoms with Gasteiger partial charge in [-0.1, -0.05) is 0 Å². The van der Waals surface area contributed by atoms with Gasteiger partial charge in [-0.2, -0.15) is 26.3 Å². The molecule has 1 atom stereocenters. The molecule has 0 bridgehead atoms. The van der Waals surface area contributed by atoms with Gasteiger partial charge < -0.3 is 14.5 Å². The molecule has 0 aromatic heterocycles. The number of halogens is 6. The van der Waals surface area contributed by atoms with E-state index in [2.05, 4.69) is 9.64 Å². The van der Waals surface area contributed by atoms with Crippen molar-refractivity contribution in [3.05, 3.63) is 29.3 Å². The van der Waals surface area contributed by atoms with Crippen LogP contribution in [0.4, 0.5) is 36.8 Å². The lowest BCUT2D eigenvalue weighted by atomic mass is 9.78. The van der Waals surface area contributed by atoms with Crippen molar-refractivity contribution in [3.63, 3.8) is 0 Å². The average Bonchev–Trinajstić information content (AvgIpc) is 3.20. The molecule has 3 aliphatic heterocycles. The number of anilines is 1. The smallest absolute Gasteiger partial charge is 0.425 e. The van der Waals surface area contributed by atoms with Crippen LogP contribution in [-0.2, 0) is 17.5 Å². The minimum Gasteiger partial charge on any atom is -0.437 e. The van der Waals surface area contributed by atoms with Crippen LogP contribution in [0.2, 0.25) is 0 Å². The van der Waals surface area contributed by atoms with Gasteiger partial charge in [0.2, 0.25) is 0 Å². The molecular formula is C25H33F6N3O2. The number of ether oxygens (including phenoxy) is 1. The Morgan fingerprint density at radius 2 is 1.58 bits per heavy atom. The van der Waals surface area contributed by atoms with Gasteiger partial charge >= 0.3 is 18.4 Å². The van der Waals surface area contributed by atoms with Gasteiger partial charge in [-0.15, -0.1) is 0 Å². The molecule has 0 saturated carbocycles. The summed E-state index contributed by atoms with van der Waals surface area (Å²) in [6, 6.07) is 4.35. The monoisotopic (exact) mass is 521 g/mol. The van der Waals surface area contributed by atoms with E-state index in [1.54, 1.807) is 0 Å². The quantitative estimate of drug-likeness (QED) is 0.451. The molecule has 4 rings (SSSR count). The fourth-order valence-corrected chi connectivity index (χ4v) is 5.55. The fourth-order valence-electron chi connectivity index (χ4n) is 5.55. The largest absolute Gasteiger partial charge is 0.437 e. The van der Waals surface area contributed by atoms with Gasteiger partial charge in [0, 0.05) is 45.0 Å². The van der Waals surface area contributed by atoms with Crippen LogP contribution in [0.5, 0.6) is 0 Å². The Labute approximate surface area is 207 Å². The van der Waals surface area contributed by atoms with Gasteiger partial charge in [0.05, 0.1) is 5.56 Å². The number of rotatable bonds is 4. The van der Waals surface area contributed by atoms with E-state index in [1.807, 2.05) is 11.0 Å². The maximum Gasteiger partial charge on any atom is 0.425 e. The second-order valence-electron chi connectivity index (χ2n) is 10.4. The lowest BCUT2D eigenvalue weighted by Gasteiger charge is -2.39. The summed E-state index contributed by atoms with van der Waals surface area (Å²) in [6.45, 7) is 4.75. The number of piperidine rings is 2. The molecule has 36 heavy (non-hydrogen) atoms. The molecule has 0 aliphatic carbocycles. The standard InChI is InChI=1S/C25H33F6N3O2/c1-18(24(26,27)28)36-22(35)34-11-6-23(7-12-34)5-10-32(17-23)16-19-13-20(25(29,30)31)15-21(14-19)33-8-3-2-4-9-33/h13-15,18H,2-12,16-17H2,1H3. The SMILES string of the molecule is CC(OC(=O)N1CCC2(CCN(Cc3cc(N4CCCCC4)cc(C(F)(F)F)c3)C2)CC1)C(F)(F)F. The summed E-state index contributed by atoms with van der Waals surface area (Å²) in [5.74, 6) is 0. The molecule has 3 aliphatic rings. The second kappa shape index (κ2) is 10.3. The molecule has 1 spiro atoms. The summed E-state index contributed by atoms with van der Waals surface area (Å²) >= 11 is 0. The number of hydrogen-bond acceptors (Lipinski definition) is 4. The zero-order valence-corrected chi connectivity index (χ0v) is 20.4. The Morgan fingerprint density at radius 3 is 2.19 bits per heavy atom. The number of likely N-dealkylation sites (tertiary alicyclic amines) is 2. The Kier molecular flexibility index (Phi) is 7.69. The average molecular weight is 522 g/mol. The van der Waals surface area contributed by atoms with Gasteiger partial charge in [-0.05, 0) is 81.2 Å². The number of carbonyl (C=O) groups excluding carboxylic acids is 1. The van der Waals surface area contributed by atoms with E-state index >= 15 is 0 Å². The summed E-state index contributed by atoms with van der Waals surface area (Å²) in [7, 11) is 0. The zero-order valence-electron chi connectivity index (χ0n) is 20.4. The molecule has 3 heterocycles. The Hall–Kier alpha value is -2.17. The third-order valence-corrected chi connectivity index (χ3v) is 7.77. The van der Waals surface area contributed by atoms with Gasteiger partial charge in [-0.3, -0.25) is 4.90 Å². The van der Waals surface area contributed by atoms with E-state index in [-0.39, 0.29) is 5.41 Å². The number of benzene rings is 1. The van der Waals surface area contributed by atoms with E-state index in [0.29, 0.717) is 50.3 Å². The third kappa shape index (κ3) is 6.39. The number of carbonyl (C=O) groups is 1. The molecule has 202 valence electrons. The third-order valence-electron chi connectivity index (χ3n) is 7.77. The summed E-state index contributed by atoms with van der Waals surface area (Å²) < 4.78 is 83.5. The van der Waals surface area contributed by atoms with Crippen LogP contribution in [-0.4, -0.2) is 67.4 Å². The summed E-state index contributed by atoms with van der Waals surface area (Å²) in [6.07, 6.45) is -7.01. The zero-order chi connectivity index (χ0) is 26.1. The molecule has 5 nitrogen and oxygen atoms in total. The first-order valence-electron chi connectivity index (χ1n) is 12.6. The van der Waals surface area contributed by atoms with Gasteiger partial charge in [0.25, 0.3) is 0 Å². The first-order chi connectivity index (χ1) is 16.8. The molecule has 3 fully saturated rings. The van der Waals surface area contributed by atoms with Crippen LogP contribution < -0.4 is 4.90 Å². The van der Waals surface area contributed by atoms with Gasteiger partial charge in [0.15, 0.2) is 6.10 Å². The summed E-state index contributed by atoms with van der Waals surface area (Å²) in [5.41, 5.74) is 0.524. The van der Waals surface area contributed by atoms with Crippen LogP contribution in [0, 0.1) is 5.41 Å². The van der Waals surface area contributed by atoms with Crippen molar-refractivity contribution >= 4 is 11.8 Å². The van der Waals surface area contributed by atoms with Crippen molar-refractivity contribution in [2.75, 3.05) is 44.2 Å². The highest BCUT2D eigenvalue weighted by atomic mass is 19.4. The normalized spacial score (nSPS) is 22.2. The van der Waals surface area contributed by atoms with Gasteiger partial charge in [-0.25, -0.2) is 4.79 Å². The number of hydrogen-bond donors (Lipinski definition) is 0. The van der Waals surface area contributed by atoms with Gasteiger partial charge in [0.1, 0.15) is 0 Å². The van der Waals surface area contributed by atoms with Crippen LogP contribution in [0.1, 0.15) is 56.6 Å². The second-order valence-corrected chi connectivity index (χ2v) is 10.4.